The van der Waals surface area contributed by atoms with Gasteiger partial charge in [0, 0.05) is 0 Å². The second kappa shape index (κ2) is 51.5. The van der Waals surface area contributed by atoms with Crippen LogP contribution in [0.5, 0.6) is 0 Å². The van der Waals surface area contributed by atoms with Crippen LogP contribution in [0.25, 0.3) is 0 Å². The van der Waals surface area contributed by atoms with Gasteiger partial charge in [0.15, 0.2) is 0 Å². The van der Waals surface area contributed by atoms with Gasteiger partial charge in [0.05, 0.1) is 18.8 Å². The normalized spacial score (nSPS) is 14.1. The van der Waals surface area contributed by atoms with Gasteiger partial charge in [0.2, 0.25) is 5.91 Å². The van der Waals surface area contributed by atoms with Gasteiger partial charge in [-0.2, -0.15) is 0 Å². The summed E-state index contributed by atoms with van der Waals surface area (Å²) in [5.41, 5.74) is 0. The number of rotatable bonds is 51. The SMILES string of the molecule is CCCCCCCC/C=C/CCCC(O)C(O)C(CO)NC(=O)C(O)CCCCCCCCCCCCCCCCCC/C=C\C/C=C\CCCCCCCCCCCCCCC. The summed E-state index contributed by atoms with van der Waals surface area (Å²) in [5, 5.41) is 43.7. The number of aliphatic hydroxyl groups is 4. The second-order valence-corrected chi connectivity index (χ2v) is 19.3. The van der Waals surface area contributed by atoms with Crippen LogP contribution >= 0.6 is 0 Å². The Kier molecular flexibility index (Phi) is 50.3. The lowest BCUT2D eigenvalue weighted by Crippen LogP contribution is -2.53. The Balaban J connectivity index is 3.54. The van der Waals surface area contributed by atoms with E-state index >= 15 is 0 Å². The Bertz CT molecular complexity index is 997. The zero-order valence-electron chi connectivity index (χ0n) is 42.1. The quantitative estimate of drug-likeness (QED) is 0.0309. The molecule has 6 heteroatoms. The number of carbonyl (C=O) groups excluding carboxylic acids is 1. The molecule has 0 aromatic rings. The Morgan fingerprint density at radius 1 is 0.397 bits per heavy atom. The number of amides is 1. The first-order chi connectivity index (χ1) is 31.0. The molecular formula is C57H109NO5. The molecule has 0 saturated heterocycles. The van der Waals surface area contributed by atoms with Crippen molar-refractivity contribution in [3.05, 3.63) is 36.5 Å². The van der Waals surface area contributed by atoms with E-state index in [4.69, 9.17) is 0 Å². The Labute approximate surface area is 392 Å². The lowest BCUT2D eigenvalue weighted by atomic mass is 10.00. The van der Waals surface area contributed by atoms with Gasteiger partial charge >= 0.3 is 0 Å². The molecule has 0 fully saturated rings. The minimum atomic E-state index is -1.28. The summed E-state index contributed by atoms with van der Waals surface area (Å²) in [7, 11) is 0. The molecule has 0 aromatic heterocycles. The minimum Gasteiger partial charge on any atom is -0.394 e. The Morgan fingerprint density at radius 3 is 1.05 bits per heavy atom. The number of nitrogens with one attached hydrogen (secondary N) is 1. The molecule has 6 nitrogen and oxygen atoms in total. The van der Waals surface area contributed by atoms with E-state index < -0.39 is 36.9 Å². The summed E-state index contributed by atoms with van der Waals surface area (Å²) in [6.07, 6.45) is 63.8. The van der Waals surface area contributed by atoms with Gasteiger partial charge in [-0.1, -0.05) is 256 Å². The molecule has 4 atom stereocenters. The molecule has 63 heavy (non-hydrogen) atoms. The van der Waals surface area contributed by atoms with Crippen molar-refractivity contribution in [2.24, 2.45) is 0 Å². The summed E-state index contributed by atoms with van der Waals surface area (Å²) in [5.74, 6) is -0.593. The van der Waals surface area contributed by atoms with Crippen molar-refractivity contribution >= 4 is 5.91 Å². The maximum atomic E-state index is 12.5. The molecule has 4 unspecified atom stereocenters. The Hall–Kier alpha value is -1.47. The zero-order valence-corrected chi connectivity index (χ0v) is 42.1. The fourth-order valence-electron chi connectivity index (χ4n) is 8.67. The molecule has 0 radical (unpaired) electrons. The predicted octanol–water partition coefficient (Wildman–Crippen LogP) is 16.0. The predicted molar refractivity (Wildman–Crippen MR) is 274 cm³/mol. The number of hydrogen-bond donors (Lipinski definition) is 5. The summed E-state index contributed by atoms with van der Waals surface area (Å²) in [6, 6.07) is -1.00. The first kappa shape index (κ1) is 61.5. The molecule has 0 aromatic carbocycles. The first-order valence-corrected chi connectivity index (χ1v) is 27.9. The summed E-state index contributed by atoms with van der Waals surface area (Å²) >= 11 is 0. The number of hydrogen-bond acceptors (Lipinski definition) is 5. The lowest BCUT2D eigenvalue weighted by Gasteiger charge is -2.27. The van der Waals surface area contributed by atoms with Gasteiger partial charge in [-0.15, -0.1) is 0 Å². The van der Waals surface area contributed by atoms with E-state index in [9.17, 15) is 25.2 Å². The molecule has 0 aliphatic carbocycles. The summed E-state index contributed by atoms with van der Waals surface area (Å²) in [4.78, 5) is 12.5. The Morgan fingerprint density at radius 2 is 0.698 bits per heavy atom. The van der Waals surface area contributed by atoms with Gasteiger partial charge in [-0.05, 0) is 70.6 Å². The van der Waals surface area contributed by atoms with Crippen LogP contribution in [-0.2, 0) is 4.79 Å². The van der Waals surface area contributed by atoms with E-state index in [1.54, 1.807) is 0 Å². The number of carbonyl (C=O) groups is 1. The van der Waals surface area contributed by atoms with Crippen molar-refractivity contribution in [3.63, 3.8) is 0 Å². The smallest absolute Gasteiger partial charge is 0.249 e. The molecule has 1 amide bonds. The highest BCUT2D eigenvalue weighted by Crippen LogP contribution is 2.17. The summed E-state index contributed by atoms with van der Waals surface area (Å²) < 4.78 is 0. The van der Waals surface area contributed by atoms with Crippen LogP contribution in [0.1, 0.15) is 290 Å². The molecule has 0 aliphatic rings. The van der Waals surface area contributed by atoms with E-state index in [0.29, 0.717) is 12.8 Å². The third kappa shape index (κ3) is 45.5. The van der Waals surface area contributed by atoms with Crippen molar-refractivity contribution in [2.45, 2.75) is 314 Å². The van der Waals surface area contributed by atoms with Crippen molar-refractivity contribution in [3.8, 4) is 0 Å². The van der Waals surface area contributed by atoms with Gasteiger partial charge in [-0.3, -0.25) is 4.79 Å². The van der Waals surface area contributed by atoms with Crippen molar-refractivity contribution in [1.29, 1.82) is 0 Å². The highest BCUT2D eigenvalue weighted by Gasteiger charge is 2.28. The third-order valence-corrected chi connectivity index (χ3v) is 13.1. The molecule has 0 bridgehead atoms. The average molecular weight is 889 g/mol. The van der Waals surface area contributed by atoms with E-state index in [-0.39, 0.29) is 0 Å². The van der Waals surface area contributed by atoms with Crippen LogP contribution in [0.3, 0.4) is 0 Å². The highest BCUT2D eigenvalue weighted by atomic mass is 16.3. The number of unbranched alkanes of at least 4 members (excludes halogenated alkanes) is 36. The first-order valence-electron chi connectivity index (χ1n) is 27.9. The summed E-state index contributed by atoms with van der Waals surface area (Å²) in [6.45, 7) is 4.03. The maximum Gasteiger partial charge on any atom is 0.249 e. The van der Waals surface area contributed by atoms with Gasteiger partial charge < -0.3 is 25.7 Å². The maximum absolute atomic E-state index is 12.5. The van der Waals surface area contributed by atoms with Gasteiger partial charge in [-0.25, -0.2) is 0 Å². The standard InChI is InChI=1S/C57H109NO5/c1-3-5-7-9-11-13-15-16-17-18-19-20-21-22-23-24-25-26-27-28-29-30-31-32-33-34-35-36-37-38-39-41-43-45-47-49-51-55(61)57(63)58-53(52-59)56(62)54(60)50-48-46-44-42-40-14-12-10-8-6-4-2/h23-24,26-27,42,44,53-56,59-62H,3-22,25,28-41,43,45-52H2,1-2H3,(H,58,63)/b24-23-,27-26-,44-42+. The van der Waals surface area contributed by atoms with Crippen LogP contribution in [0.15, 0.2) is 36.5 Å². The van der Waals surface area contributed by atoms with Crippen LogP contribution in [0.4, 0.5) is 0 Å². The molecule has 0 aliphatic heterocycles. The zero-order chi connectivity index (χ0) is 45.9. The average Bonchev–Trinajstić information content (AvgIpc) is 3.29. The molecule has 0 saturated carbocycles. The van der Waals surface area contributed by atoms with Crippen LogP contribution in [0.2, 0.25) is 0 Å². The monoisotopic (exact) mass is 888 g/mol. The largest absolute Gasteiger partial charge is 0.394 e. The third-order valence-electron chi connectivity index (χ3n) is 13.1. The van der Waals surface area contributed by atoms with Gasteiger partial charge in [0.25, 0.3) is 0 Å². The van der Waals surface area contributed by atoms with E-state index in [1.165, 1.54) is 218 Å². The van der Waals surface area contributed by atoms with E-state index in [1.807, 2.05) is 0 Å². The number of allylic oxidation sites excluding steroid dienone is 6. The topological polar surface area (TPSA) is 110 Å². The van der Waals surface area contributed by atoms with Gasteiger partial charge in [0.1, 0.15) is 12.2 Å². The minimum absolute atomic E-state index is 0.364. The fraction of sp³-hybridized carbons (Fsp3) is 0.877. The molecule has 0 spiro atoms. The van der Waals surface area contributed by atoms with Crippen molar-refractivity contribution in [1.82, 2.24) is 5.32 Å². The molecule has 5 N–H and O–H groups in total. The van der Waals surface area contributed by atoms with Crippen molar-refractivity contribution < 1.29 is 25.2 Å². The fourth-order valence-corrected chi connectivity index (χ4v) is 8.67. The van der Waals surface area contributed by atoms with E-state index in [0.717, 1.165) is 44.9 Å². The molecule has 0 rings (SSSR count). The second-order valence-electron chi connectivity index (χ2n) is 19.3. The lowest BCUT2D eigenvalue weighted by molar-refractivity contribution is -0.132. The van der Waals surface area contributed by atoms with Crippen LogP contribution in [0, 0.1) is 0 Å². The van der Waals surface area contributed by atoms with E-state index in [2.05, 4.69) is 55.6 Å². The van der Waals surface area contributed by atoms with Crippen LogP contribution in [-0.4, -0.2) is 57.3 Å². The molecule has 372 valence electrons. The molecule has 0 heterocycles. The molecular weight excluding hydrogens is 779 g/mol. The van der Waals surface area contributed by atoms with Crippen molar-refractivity contribution in [2.75, 3.05) is 6.61 Å². The van der Waals surface area contributed by atoms with Crippen LogP contribution < -0.4 is 5.32 Å². The highest BCUT2D eigenvalue weighted by molar-refractivity contribution is 5.80. The number of aliphatic hydroxyl groups excluding tert-OH is 4.